The molecule has 1 N–H and O–H groups in total. The van der Waals surface area contributed by atoms with E-state index < -0.39 is 0 Å². The number of carbonyl (C=O) groups is 1. The Labute approximate surface area is 146 Å². The van der Waals surface area contributed by atoms with Crippen molar-refractivity contribution in [3.63, 3.8) is 0 Å². The van der Waals surface area contributed by atoms with Crippen LogP contribution in [0.4, 0.5) is 5.13 Å². The van der Waals surface area contributed by atoms with Gasteiger partial charge in [0.2, 0.25) is 11.0 Å². The van der Waals surface area contributed by atoms with Gasteiger partial charge in [-0.2, -0.15) is 0 Å². The van der Waals surface area contributed by atoms with Crippen LogP contribution >= 0.6 is 23.1 Å². The molecule has 0 radical (unpaired) electrons. The first-order valence-corrected chi connectivity index (χ1v) is 8.70. The van der Waals surface area contributed by atoms with Gasteiger partial charge in [-0.15, -0.1) is 20.4 Å². The molecule has 3 aromatic rings. The molecule has 124 valence electrons. The van der Waals surface area contributed by atoms with Crippen LogP contribution in [0.1, 0.15) is 0 Å². The predicted molar refractivity (Wildman–Crippen MR) is 92.3 cm³/mol. The topological polar surface area (TPSA) is 94.8 Å². The fraction of sp³-hybridized carbons (Fsp3) is 0.214. The fourth-order valence-corrected chi connectivity index (χ4v) is 3.27. The van der Waals surface area contributed by atoms with Gasteiger partial charge in [-0.25, -0.2) is 0 Å². The minimum atomic E-state index is -0.166. The van der Waals surface area contributed by atoms with Gasteiger partial charge in [-0.05, 0) is 24.3 Å². The second-order valence-corrected chi connectivity index (χ2v) is 6.62. The number of amides is 1. The SMILES string of the molecule is COc1ccc(-c2nnc(NC(=O)CSc3nncn3C)s2)cc1. The zero-order chi connectivity index (χ0) is 16.9. The molecule has 1 amide bonds. The molecular weight excluding hydrogens is 348 g/mol. The molecule has 0 aliphatic heterocycles. The van der Waals surface area contributed by atoms with Gasteiger partial charge in [-0.3, -0.25) is 10.1 Å². The summed E-state index contributed by atoms with van der Waals surface area (Å²) in [5.74, 6) is 0.835. The van der Waals surface area contributed by atoms with E-state index in [0.717, 1.165) is 16.3 Å². The van der Waals surface area contributed by atoms with Gasteiger partial charge in [0, 0.05) is 12.6 Å². The van der Waals surface area contributed by atoms with Gasteiger partial charge in [0.25, 0.3) is 0 Å². The van der Waals surface area contributed by atoms with Gasteiger partial charge >= 0.3 is 0 Å². The summed E-state index contributed by atoms with van der Waals surface area (Å²) in [6, 6.07) is 7.50. The number of ether oxygens (including phenoxy) is 1. The maximum absolute atomic E-state index is 12.0. The Morgan fingerprint density at radius 2 is 2.08 bits per heavy atom. The van der Waals surface area contributed by atoms with E-state index in [0.29, 0.717) is 10.3 Å². The summed E-state index contributed by atoms with van der Waals surface area (Å²) in [7, 11) is 3.44. The van der Waals surface area contributed by atoms with Crippen LogP contribution in [0.15, 0.2) is 35.7 Å². The number of methoxy groups -OCH3 is 1. The zero-order valence-corrected chi connectivity index (χ0v) is 14.6. The third-order valence-electron chi connectivity index (χ3n) is 3.01. The molecule has 0 saturated carbocycles. The molecule has 10 heteroatoms. The van der Waals surface area contributed by atoms with Crippen molar-refractivity contribution in [2.45, 2.75) is 5.16 Å². The summed E-state index contributed by atoms with van der Waals surface area (Å²) >= 11 is 2.63. The summed E-state index contributed by atoms with van der Waals surface area (Å²) in [5, 5.41) is 20.4. The summed E-state index contributed by atoms with van der Waals surface area (Å²) in [6.07, 6.45) is 1.59. The molecule has 3 rings (SSSR count). The first-order valence-electron chi connectivity index (χ1n) is 6.90. The monoisotopic (exact) mass is 362 g/mol. The smallest absolute Gasteiger partial charge is 0.236 e. The highest BCUT2D eigenvalue weighted by Gasteiger charge is 2.11. The predicted octanol–water partition coefficient (Wildman–Crippen LogP) is 2.07. The Morgan fingerprint density at radius 1 is 1.29 bits per heavy atom. The Morgan fingerprint density at radius 3 is 2.75 bits per heavy atom. The third kappa shape index (κ3) is 3.89. The van der Waals surface area contributed by atoms with Crippen molar-refractivity contribution < 1.29 is 9.53 Å². The molecule has 0 unspecified atom stereocenters. The van der Waals surface area contributed by atoms with Crippen LogP contribution in [-0.4, -0.2) is 43.7 Å². The van der Waals surface area contributed by atoms with Crippen LogP contribution in [0.2, 0.25) is 0 Å². The summed E-state index contributed by atoms with van der Waals surface area (Å²) < 4.78 is 6.88. The molecule has 0 spiro atoms. The van der Waals surface area contributed by atoms with Crippen LogP contribution in [0.5, 0.6) is 5.75 Å². The van der Waals surface area contributed by atoms with E-state index in [9.17, 15) is 4.79 Å². The van der Waals surface area contributed by atoms with Crippen molar-refractivity contribution in [3.05, 3.63) is 30.6 Å². The normalized spacial score (nSPS) is 10.6. The van der Waals surface area contributed by atoms with Crippen LogP contribution in [-0.2, 0) is 11.8 Å². The lowest BCUT2D eigenvalue weighted by Crippen LogP contribution is -2.14. The average Bonchev–Trinajstić information content (AvgIpc) is 3.22. The molecule has 0 atom stereocenters. The Bertz CT molecular complexity index is 830. The van der Waals surface area contributed by atoms with E-state index in [1.54, 1.807) is 18.0 Å². The van der Waals surface area contributed by atoms with Crippen molar-refractivity contribution in [1.82, 2.24) is 25.0 Å². The minimum Gasteiger partial charge on any atom is -0.497 e. The zero-order valence-electron chi connectivity index (χ0n) is 13.0. The summed E-state index contributed by atoms with van der Waals surface area (Å²) in [4.78, 5) is 12.0. The lowest BCUT2D eigenvalue weighted by Gasteiger charge is -2.01. The molecule has 24 heavy (non-hydrogen) atoms. The summed E-state index contributed by atoms with van der Waals surface area (Å²) in [5.41, 5.74) is 0.919. The van der Waals surface area contributed by atoms with Gasteiger partial charge < -0.3 is 9.30 Å². The Kier molecular flexibility index (Phi) is 5.06. The maximum Gasteiger partial charge on any atom is 0.236 e. The maximum atomic E-state index is 12.0. The number of aryl methyl sites for hydroxylation is 1. The van der Waals surface area contributed by atoms with E-state index in [1.807, 2.05) is 31.3 Å². The Hall–Kier alpha value is -2.46. The number of aromatic nitrogens is 5. The molecule has 0 aliphatic rings. The number of thioether (sulfide) groups is 1. The molecule has 2 aromatic heterocycles. The largest absolute Gasteiger partial charge is 0.497 e. The molecule has 0 aliphatic carbocycles. The van der Waals surface area contributed by atoms with E-state index in [2.05, 4.69) is 25.7 Å². The van der Waals surface area contributed by atoms with Crippen molar-refractivity contribution in [3.8, 4) is 16.3 Å². The number of nitrogens with zero attached hydrogens (tertiary/aromatic N) is 5. The van der Waals surface area contributed by atoms with Crippen LogP contribution in [0.25, 0.3) is 10.6 Å². The standard InChI is InChI=1S/C14H14N6O2S2/c1-20-8-15-19-14(20)23-7-11(21)16-13-18-17-12(24-13)9-3-5-10(22-2)6-4-9/h3-6,8H,7H2,1-2H3,(H,16,18,21). The number of hydrogen-bond acceptors (Lipinski definition) is 8. The van der Waals surface area contributed by atoms with Crippen molar-refractivity contribution in [2.75, 3.05) is 18.2 Å². The number of rotatable bonds is 6. The van der Waals surface area contributed by atoms with E-state index in [4.69, 9.17) is 4.74 Å². The van der Waals surface area contributed by atoms with Gasteiger partial charge in [0.15, 0.2) is 5.16 Å². The van der Waals surface area contributed by atoms with Crippen LogP contribution in [0.3, 0.4) is 0 Å². The average molecular weight is 362 g/mol. The molecule has 0 saturated heterocycles. The van der Waals surface area contributed by atoms with Crippen molar-refractivity contribution in [1.29, 1.82) is 0 Å². The van der Waals surface area contributed by atoms with Crippen molar-refractivity contribution >= 4 is 34.1 Å². The van der Waals surface area contributed by atoms with Crippen LogP contribution in [0, 0.1) is 0 Å². The highest BCUT2D eigenvalue weighted by atomic mass is 32.2. The minimum absolute atomic E-state index is 0.166. The lowest BCUT2D eigenvalue weighted by molar-refractivity contribution is -0.113. The second-order valence-electron chi connectivity index (χ2n) is 4.70. The molecule has 2 heterocycles. The molecule has 0 fully saturated rings. The number of carbonyl (C=O) groups excluding carboxylic acids is 1. The number of hydrogen-bond donors (Lipinski definition) is 1. The molecule has 0 bridgehead atoms. The quantitative estimate of drug-likeness (QED) is 0.671. The highest BCUT2D eigenvalue weighted by Crippen LogP contribution is 2.27. The summed E-state index contributed by atoms with van der Waals surface area (Å²) in [6.45, 7) is 0. The third-order valence-corrected chi connectivity index (χ3v) is 4.93. The molecular formula is C14H14N6O2S2. The van der Waals surface area contributed by atoms with Gasteiger partial charge in [0.1, 0.15) is 17.1 Å². The molecule has 1 aromatic carbocycles. The van der Waals surface area contributed by atoms with E-state index in [1.165, 1.54) is 23.1 Å². The first kappa shape index (κ1) is 16.4. The second kappa shape index (κ2) is 7.41. The van der Waals surface area contributed by atoms with E-state index in [-0.39, 0.29) is 11.7 Å². The van der Waals surface area contributed by atoms with Gasteiger partial charge in [-0.1, -0.05) is 23.1 Å². The number of nitrogens with one attached hydrogen (secondary N) is 1. The molecule has 8 nitrogen and oxygen atoms in total. The lowest BCUT2D eigenvalue weighted by atomic mass is 10.2. The van der Waals surface area contributed by atoms with Gasteiger partial charge in [0.05, 0.1) is 12.9 Å². The van der Waals surface area contributed by atoms with Crippen LogP contribution < -0.4 is 10.1 Å². The Balaban J connectivity index is 1.58. The first-order chi connectivity index (χ1) is 11.7. The van der Waals surface area contributed by atoms with Crippen molar-refractivity contribution in [2.24, 2.45) is 7.05 Å². The fourth-order valence-electron chi connectivity index (χ4n) is 1.81. The number of anilines is 1. The highest BCUT2D eigenvalue weighted by molar-refractivity contribution is 7.99. The van der Waals surface area contributed by atoms with E-state index >= 15 is 0 Å². The number of benzene rings is 1.